The van der Waals surface area contributed by atoms with Crippen molar-refractivity contribution in [1.82, 2.24) is 0 Å². The number of ether oxygens (including phenoxy) is 2. The van der Waals surface area contributed by atoms with E-state index in [1.165, 1.54) is 19.3 Å². The van der Waals surface area contributed by atoms with Crippen LogP contribution >= 0.6 is 0 Å². The summed E-state index contributed by atoms with van der Waals surface area (Å²) < 4.78 is 12.3. The molecule has 2 atom stereocenters. The zero-order valence-electron chi connectivity index (χ0n) is 16.3. The lowest BCUT2D eigenvalue weighted by molar-refractivity contribution is 0.193. The molecule has 4 nitrogen and oxygen atoms in total. The second kappa shape index (κ2) is 6.03. The van der Waals surface area contributed by atoms with Crippen LogP contribution in [0.4, 0.5) is 0 Å². The molecule has 4 heteroatoms. The van der Waals surface area contributed by atoms with Crippen molar-refractivity contribution in [3.05, 3.63) is 0 Å². The van der Waals surface area contributed by atoms with Crippen LogP contribution in [0, 0.1) is 16.2 Å². The number of nitrogens with zero attached hydrogens (tertiary/aromatic N) is 2. The first-order chi connectivity index (χ1) is 11.1. The van der Waals surface area contributed by atoms with Crippen molar-refractivity contribution in [1.29, 1.82) is 0 Å². The topological polar surface area (TPSA) is 43.2 Å². The molecule has 0 N–H and O–H groups in total. The van der Waals surface area contributed by atoms with E-state index < -0.39 is 0 Å². The number of hydrogen-bond donors (Lipinski definition) is 0. The van der Waals surface area contributed by atoms with E-state index in [1.54, 1.807) is 0 Å². The largest absolute Gasteiger partial charge is 0.478 e. The van der Waals surface area contributed by atoms with Gasteiger partial charge in [0.05, 0.1) is 12.1 Å². The molecule has 1 saturated carbocycles. The third kappa shape index (κ3) is 3.21. The van der Waals surface area contributed by atoms with E-state index in [0.717, 1.165) is 24.6 Å². The summed E-state index contributed by atoms with van der Waals surface area (Å²) in [6.07, 6.45) is 5.79. The molecule has 3 aliphatic rings. The van der Waals surface area contributed by atoms with Crippen LogP contribution in [0.2, 0.25) is 0 Å². The molecule has 3 rings (SSSR count). The summed E-state index contributed by atoms with van der Waals surface area (Å²) in [4.78, 5) is 10.0. The van der Waals surface area contributed by atoms with Gasteiger partial charge < -0.3 is 9.47 Å². The minimum Gasteiger partial charge on any atom is -0.478 e. The molecule has 0 bridgehead atoms. The van der Waals surface area contributed by atoms with Crippen molar-refractivity contribution < 1.29 is 9.47 Å². The fourth-order valence-electron chi connectivity index (χ4n) is 3.83. The van der Waals surface area contributed by atoms with Crippen molar-refractivity contribution in [3.63, 3.8) is 0 Å². The first-order valence-corrected chi connectivity index (χ1v) is 9.55. The predicted octanol–water partition coefficient (Wildman–Crippen LogP) is 4.62. The normalized spacial score (nSPS) is 30.4. The van der Waals surface area contributed by atoms with Gasteiger partial charge in [0, 0.05) is 0 Å². The lowest BCUT2D eigenvalue weighted by atomic mass is 9.73. The van der Waals surface area contributed by atoms with Gasteiger partial charge in [0.2, 0.25) is 0 Å². The van der Waals surface area contributed by atoms with E-state index in [1.807, 2.05) is 0 Å². The summed E-state index contributed by atoms with van der Waals surface area (Å²) >= 11 is 0. The Balaban J connectivity index is 1.93. The maximum absolute atomic E-state index is 6.16. The Morgan fingerprint density at radius 3 is 1.50 bits per heavy atom. The Kier molecular flexibility index (Phi) is 4.46. The molecule has 1 aliphatic carbocycles. The molecule has 0 radical (unpaired) electrons. The van der Waals surface area contributed by atoms with Crippen LogP contribution in [0.5, 0.6) is 0 Å². The van der Waals surface area contributed by atoms with Gasteiger partial charge in [-0.3, -0.25) is 0 Å². The Morgan fingerprint density at radius 2 is 1.17 bits per heavy atom. The standard InChI is InChI=1S/C20H34N2O2/c1-18(2,3)14-12-23-16(21-14)20(10-8-7-9-11-20)17-22-15(13-24-17)19(4,5)6/h14-15H,7-13H2,1-6H3. The molecule has 0 spiro atoms. The van der Waals surface area contributed by atoms with E-state index in [0.29, 0.717) is 13.2 Å². The molecule has 136 valence electrons. The van der Waals surface area contributed by atoms with E-state index in [2.05, 4.69) is 41.5 Å². The summed E-state index contributed by atoms with van der Waals surface area (Å²) in [5.74, 6) is 1.80. The lowest BCUT2D eigenvalue weighted by Gasteiger charge is -2.35. The zero-order chi connectivity index (χ0) is 17.6. The zero-order valence-corrected chi connectivity index (χ0v) is 16.3. The molecule has 2 heterocycles. The van der Waals surface area contributed by atoms with E-state index >= 15 is 0 Å². The number of aliphatic imine (C=N–C) groups is 2. The van der Waals surface area contributed by atoms with Crippen LogP contribution < -0.4 is 0 Å². The quantitative estimate of drug-likeness (QED) is 0.739. The fourth-order valence-corrected chi connectivity index (χ4v) is 3.83. The third-order valence-corrected chi connectivity index (χ3v) is 5.83. The van der Waals surface area contributed by atoms with Gasteiger partial charge >= 0.3 is 0 Å². The summed E-state index contributed by atoms with van der Waals surface area (Å²) in [6.45, 7) is 14.8. The predicted molar refractivity (Wildman–Crippen MR) is 98.8 cm³/mol. The van der Waals surface area contributed by atoms with Crippen molar-refractivity contribution in [2.24, 2.45) is 26.2 Å². The van der Waals surface area contributed by atoms with Crippen LogP contribution in [-0.2, 0) is 9.47 Å². The molecule has 0 aromatic carbocycles. The molecular weight excluding hydrogens is 300 g/mol. The molecule has 2 unspecified atom stereocenters. The molecule has 1 fully saturated rings. The second-order valence-electron chi connectivity index (χ2n) is 9.90. The Labute approximate surface area is 147 Å². The minimum absolute atomic E-state index is 0.129. The van der Waals surface area contributed by atoms with Crippen molar-refractivity contribution in [3.8, 4) is 0 Å². The highest BCUT2D eigenvalue weighted by molar-refractivity contribution is 6.06. The van der Waals surface area contributed by atoms with Crippen LogP contribution in [0.25, 0.3) is 0 Å². The van der Waals surface area contributed by atoms with Gasteiger partial charge in [0.1, 0.15) is 18.6 Å². The van der Waals surface area contributed by atoms with Crippen molar-refractivity contribution in [2.45, 2.75) is 85.7 Å². The first kappa shape index (κ1) is 17.8. The Bertz CT molecular complexity index is 489. The van der Waals surface area contributed by atoms with Crippen molar-refractivity contribution in [2.75, 3.05) is 13.2 Å². The lowest BCUT2D eigenvalue weighted by Crippen LogP contribution is -2.41. The monoisotopic (exact) mass is 334 g/mol. The highest BCUT2D eigenvalue weighted by atomic mass is 16.5. The fraction of sp³-hybridized carbons (Fsp3) is 0.900. The highest BCUT2D eigenvalue weighted by Crippen LogP contribution is 2.44. The molecular formula is C20H34N2O2. The number of hydrogen-bond acceptors (Lipinski definition) is 4. The average Bonchev–Trinajstić information content (AvgIpc) is 3.17. The van der Waals surface area contributed by atoms with Gasteiger partial charge in [-0.05, 0) is 23.7 Å². The molecule has 0 amide bonds. The molecule has 24 heavy (non-hydrogen) atoms. The van der Waals surface area contributed by atoms with Crippen LogP contribution in [-0.4, -0.2) is 37.1 Å². The van der Waals surface area contributed by atoms with Gasteiger partial charge in [0.15, 0.2) is 11.8 Å². The maximum Gasteiger partial charge on any atom is 0.199 e. The van der Waals surface area contributed by atoms with E-state index in [9.17, 15) is 0 Å². The van der Waals surface area contributed by atoms with Crippen LogP contribution in [0.3, 0.4) is 0 Å². The van der Waals surface area contributed by atoms with Gasteiger partial charge in [-0.25, -0.2) is 9.98 Å². The van der Waals surface area contributed by atoms with Gasteiger partial charge in [-0.1, -0.05) is 60.8 Å². The highest BCUT2D eigenvalue weighted by Gasteiger charge is 2.50. The second-order valence-corrected chi connectivity index (χ2v) is 9.90. The summed E-state index contributed by atoms with van der Waals surface area (Å²) in [6, 6.07) is 0.457. The smallest absolute Gasteiger partial charge is 0.199 e. The molecule has 0 aromatic heterocycles. The molecule has 0 aromatic rings. The van der Waals surface area contributed by atoms with E-state index in [4.69, 9.17) is 19.5 Å². The van der Waals surface area contributed by atoms with Gasteiger partial charge in [0.25, 0.3) is 0 Å². The molecule has 0 saturated heterocycles. The Morgan fingerprint density at radius 1 is 0.750 bits per heavy atom. The summed E-state index contributed by atoms with van der Waals surface area (Å²) in [5, 5.41) is 0. The Hall–Kier alpha value is -1.06. The minimum atomic E-state index is -0.210. The molecule has 2 aliphatic heterocycles. The van der Waals surface area contributed by atoms with Crippen LogP contribution in [0.15, 0.2) is 9.98 Å². The first-order valence-electron chi connectivity index (χ1n) is 9.55. The average molecular weight is 335 g/mol. The maximum atomic E-state index is 6.16. The van der Waals surface area contributed by atoms with Gasteiger partial charge in [-0.15, -0.1) is 0 Å². The van der Waals surface area contributed by atoms with Crippen LogP contribution in [0.1, 0.15) is 73.6 Å². The SMILES string of the molecule is CC(C)(C)C1COC(C2(C3=NC(C(C)(C)C)CO3)CCCCC2)=N1. The van der Waals surface area contributed by atoms with Crippen molar-refractivity contribution >= 4 is 11.8 Å². The summed E-state index contributed by atoms with van der Waals surface area (Å²) in [5.41, 5.74) is 0.0477. The van der Waals surface area contributed by atoms with Gasteiger partial charge in [-0.2, -0.15) is 0 Å². The van der Waals surface area contributed by atoms with E-state index in [-0.39, 0.29) is 28.3 Å². The number of rotatable bonds is 2. The summed E-state index contributed by atoms with van der Waals surface area (Å²) in [7, 11) is 0. The third-order valence-electron chi connectivity index (χ3n) is 5.83.